The van der Waals surface area contributed by atoms with E-state index in [1.54, 1.807) is 36.2 Å². The standard InChI is InChI=1S/C23H39N3O3S/c1-5-25(6-2)17-12-18-26(7-3)23(27)20-13-11-16-22(19-20)30(28,29)24(4)21-14-9-8-10-15-21/h11,13,16,19,21H,5-10,12,14-15,17-18H2,1-4H3. The van der Waals surface area contributed by atoms with Crippen LogP contribution in [0.5, 0.6) is 0 Å². The zero-order valence-corrected chi connectivity index (χ0v) is 20.0. The van der Waals surface area contributed by atoms with E-state index >= 15 is 0 Å². The maximum absolute atomic E-state index is 13.2. The molecule has 1 aliphatic carbocycles. The van der Waals surface area contributed by atoms with E-state index in [1.807, 2.05) is 6.92 Å². The lowest BCUT2D eigenvalue weighted by atomic mass is 9.96. The maximum atomic E-state index is 13.2. The van der Waals surface area contributed by atoms with Crippen LogP contribution in [-0.4, -0.2) is 74.2 Å². The van der Waals surface area contributed by atoms with Crippen molar-refractivity contribution < 1.29 is 13.2 Å². The van der Waals surface area contributed by atoms with Gasteiger partial charge in [0.15, 0.2) is 0 Å². The molecule has 2 rings (SSSR count). The minimum absolute atomic E-state index is 0.0512. The Morgan fingerprint density at radius 3 is 2.27 bits per heavy atom. The predicted molar refractivity (Wildman–Crippen MR) is 122 cm³/mol. The summed E-state index contributed by atoms with van der Waals surface area (Å²) in [7, 11) is -1.93. The third kappa shape index (κ3) is 6.28. The van der Waals surface area contributed by atoms with Crippen LogP contribution < -0.4 is 0 Å². The van der Waals surface area contributed by atoms with Crippen LogP contribution >= 0.6 is 0 Å². The average Bonchev–Trinajstić information content (AvgIpc) is 2.79. The number of rotatable bonds is 11. The number of amides is 1. The van der Waals surface area contributed by atoms with Crippen molar-refractivity contribution in [2.24, 2.45) is 0 Å². The van der Waals surface area contributed by atoms with Gasteiger partial charge in [0.1, 0.15) is 0 Å². The maximum Gasteiger partial charge on any atom is 0.253 e. The summed E-state index contributed by atoms with van der Waals surface area (Å²) in [5, 5.41) is 0. The fourth-order valence-corrected chi connectivity index (χ4v) is 5.67. The Morgan fingerprint density at radius 1 is 1.00 bits per heavy atom. The molecular weight excluding hydrogens is 398 g/mol. The molecule has 0 spiro atoms. The normalized spacial score (nSPS) is 15.7. The number of carbonyl (C=O) groups excluding carboxylic acids is 1. The SMILES string of the molecule is CCN(CC)CCCN(CC)C(=O)c1cccc(S(=O)(=O)N(C)C2CCCCC2)c1. The van der Waals surface area contributed by atoms with Gasteiger partial charge in [-0.25, -0.2) is 8.42 Å². The zero-order valence-electron chi connectivity index (χ0n) is 19.1. The van der Waals surface area contributed by atoms with Gasteiger partial charge in [0.05, 0.1) is 4.90 Å². The molecule has 0 unspecified atom stereocenters. The largest absolute Gasteiger partial charge is 0.339 e. The molecule has 0 aliphatic heterocycles. The first-order chi connectivity index (χ1) is 14.3. The molecule has 7 heteroatoms. The Morgan fingerprint density at radius 2 is 1.67 bits per heavy atom. The first-order valence-electron chi connectivity index (χ1n) is 11.4. The van der Waals surface area contributed by atoms with Gasteiger partial charge >= 0.3 is 0 Å². The summed E-state index contributed by atoms with van der Waals surface area (Å²) < 4.78 is 27.8. The molecule has 0 saturated heterocycles. The van der Waals surface area contributed by atoms with E-state index in [-0.39, 0.29) is 16.8 Å². The summed E-state index contributed by atoms with van der Waals surface area (Å²) in [4.78, 5) is 17.4. The third-order valence-corrected chi connectivity index (χ3v) is 8.22. The molecular formula is C23H39N3O3S. The van der Waals surface area contributed by atoms with E-state index in [0.717, 1.165) is 51.7 Å². The van der Waals surface area contributed by atoms with Crippen LogP contribution in [-0.2, 0) is 10.0 Å². The molecule has 1 amide bonds. The van der Waals surface area contributed by atoms with Gasteiger partial charge in [-0.3, -0.25) is 4.79 Å². The lowest BCUT2D eigenvalue weighted by Crippen LogP contribution is -2.38. The second kappa shape index (κ2) is 11.8. The molecule has 1 aliphatic rings. The van der Waals surface area contributed by atoms with Crippen LogP contribution in [0.4, 0.5) is 0 Å². The van der Waals surface area contributed by atoms with Crippen LogP contribution in [0.1, 0.15) is 69.7 Å². The van der Waals surface area contributed by atoms with Crippen molar-refractivity contribution in [2.45, 2.75) is 70.2 Å². The fraction of sp³-hybridized carbons (Fsp3) is 0.696. The Kier molecular flexibility index (Phi) is 9.78. The second-order valence-corrected chi connectivity index (χ2v) is 10.1. The number of hydrogen-bond donors (Lipinski definition) is 0. The summed E-state index contributed by atoms with van der Waals surface area (Å²) >= 11 is 0. The molecule has 1 aromatic rings. The molecule has 30 heavy (non-hydrogen) atoms. The Hall–Kier alpha value is -1.44. The van der Waals surface area contributed by atoms with Crippen molar-refractivity contribution in [3.63, 3.8) is 0 Å². The first-order valence-corrected chi connectivity index (χ1v) is 12.9. The third-order valence-electron chi connectivity index (χ3n) is 6.31. The molecule has 0 radical (unpaired) electrons. The summed E-state index contributed by atoms with van der Waals surface area (Å²) in [6.45, 7) is 10.5. The van der Waals surface area contributed by atoms with Gasteiger partial charge < -0.3 is 9.80 Å². The summed E-state index contributed by atoms with van der Waals surface area (Å²) in [6.07, 6.45) is 6.04. The Balaban J connectivity index is 2.11. The highest BCUT2D eigenvalue weighted by atomic mass is 32.2. The van der Waals surface area contributed by atoms with Crippen molar-refractivity contribution in [1.29, 1.82) is 0 Å². The second-order valence-electron chi connectivity index (χ2n) is 8.11. The smallest absolute Gasteiger partial charge is 0.253 e. The molecule has 0 bridgehead atoms. The van der Waals surface area contributed by atoms with Crippen LogP contribution in [0.2, 0.25) is 0 Å². The molecule has 0 heterocycles. The minimum atomic E-state index is -3.61. The van der Waals surface area contributed by atoms with Crippen molar-refractivity contribution in [3.8, 4) is 0 Å². The number of benzene rings is 1. The van der Waals surface area contributed by atoms with Gasteiger partial charge in [0.2, 0.25) is 10.0 Å². The molecule has 1 aromatic carbocycles. The number of nitrogens with zero attached hydrogens (tertiary/aromatic N) is 3. The molecule has 0 atom stereocenters. The average molecular weight is 438 g/mol. The highest BCUT2D eigenvalue weighted by Gasteiger charge is 2.29. The minimum Gasteiger partial charge on any atom is -0.339 e. The van der Waals surface area contributed by atoms with E-state index in [9.17, 15) is 13.2 Å². The Labute approximate surface area is 183 Å². The summed E-state index contributed by atoms with van der Waals surface area (Å²) in [5.41, 5.74) is 0.442. The Bertz CT molecular complexity index is 772. The number of carbonyl (C=O) groups is 1. The highest BCUT2D eigenvalue weighted by molar-refractivity contribution is 7.89. The van der Waals surface area contributed by atoms with Gasteiger partial charge in [0.25, 0.3) is 5.91 Å². The van der Waals surface area contributed by atoms with E-state index in [4.69, 9.17) is 0 Å². The van der Waals surface area contributed by atoms with E-state index in [2.05, 4.69) is 18.7 Å². The summed E-state index contributed by atoms with van der Waals surface area (Å²) in [6, 6.07) is 6.59. The highest BCUT2D eigenvalue weighted by Crippen LogP contribution is 2.27. The van der Waals surface area contributed by atoms with Crippen molar-refractivity contribution in [1.82, 2.24) is 14.1 Å². The van der Waals surface area contributed by atoms with Gasteiger partial charge in [-0.2, -0.15) is 4.31 Å². The molecule has 1 fully saturated rings. The van der Waals surface area contributed by atoms with Crippen molar-refractivity contribution in [2.75, 3.05) is 39.8 Å². The van der Waals surface area contributed by atoms with Gasteiger partial charge in [-0.15, -0.1) is 0 Å². The van der Waals surface area contributed by atoms with Crippen LogP contribution in [0.15, 0.2) is 29.2 Å². The molecule has 0 N–H and O–H groups in total. The lowest BCUT2D eigenvalue weighted by Gasteiger charge is -2.30. The molecule has 170 valence electrons. The van der Waals surface area contributed by atoms with E-state index in [0.29, 0.717) is 18.7 Å². The zero-order chi connectivity index (χ0) is 22.1. The molecule has 0 aromatic heterocycles. The monoisotopic (exact) mass is 437 g/mol. The number of hydrogen-bond acceptors (Lipinski definition) is 4. The van der Waals surface area contributed by atoms with Gasteiger partial charge in [-0.05, 0) is 64.0 Å². The molecule has 6 nitrogen and oxygen atoms in total. The predicted octanol–water partition coefficient (Wildman–Crippen LogP) is 3.83. The quantitative estimate of drug-likeness (QED) is 0.528. The topological polar surface area (TPSA) is 60.9 Å². The fourth-order valence-electron chi connectivity index (χ4n) is 4.21. The van der Waals surface area contributed by atoms with Crippen molar-refractivity contribution in [3.05, 3.63) is 29.8 Å². The van der Waals surface area contributed by atoms with Gasteiger partial charge in [0, 0.05) is 31.7 Å². The molecule has 1 saturated carbocycles. The lowest BCUT2D eigenvalue weighted by molar-refractivity contribution is 0.0757. The van der Waals surface area contributed by atoms with Crippen LogP contribution in [0.3, 0.4) is 0 Å². The van der Waals surface area contributed by atoms with Crippen LogP contribution in [0.25, 0.3) is 0 Å². The van der Waals surface area contributed by atoms with Crippen LogP contribution in [0, 0.1) is 0 Å². The van der Waals surface area contributed by atoms with Gasteiger partial charge in [-0.1, -0.05) is 39.2 Å². The van der Waals surface area contributed by atoms with E-state index < -0.39 is 10.0 Å². The number of sulfonamides is 1. The summed E-state index contributed by atoms with van der Waals surface area (Å²) in [5.74, 6) is -0.102. The first kappa shape index (κ1) is 24.8. The van der Waals surface area contributed by atoms with Crippen molar-refractivity contribution >= 4 is 15.9 Å². The van der Waals surface area contributed by atoms with E-state index in [1.165, 1.54) is 10.7 Å².